The summed E-state index contributed by atoms with van der Waals surface area (Å²) in [5, 5.41) is 2.50. The molecule has 29 heavy (non-hydrogen) atoms. The van der Waals surface area contributed by atoms with Crippen molar-refractivity contribution in [1.82, 2.24) is 15.1 Å². The zero-order valence-corrected chi connectivity index (χ0v) is 16.5. The molecule has 9 nitrogen and oxygen atoms in total. The summed E-state index contributed by atoms with van der Waals surface area (Å²) in [6.07, 6.45) is -1.04. The molecule has 0 aliphatic carbocycles. The van der Waals surface area contributed by atoms with E-state index in [1.54, 1.807) is 12.1 Å². The highest BCUT2D eigenvalue weighted by molar-refractivity contribution is 6.22. The minimum atomic E-state index is -1.23. The highest BCUT2D eigenvalue weighted by Gasteiger charge is 2.44. The van der Waals surface area contributed by atoms with Crippen molar-refractivity contribution in [3.05, 3.63) is 35.4 Å². The van der Waals surface area contributed by atoms with Crippen LogP contribution in [-0.4, -0.2) is 64.8 Å². The van der Waals surface area contributed by atoms with Gasteiger partial charge in [-0.2, -0.15) is 0 Å². The molecule has 0 aromatic heterocycles. The molecule has 0 spiro atoms. The fourth-order valence-corrected chi connectivity index (χ4v) is 3.45. The summed E-state index contributed by atoms with van der Waals surface area (Å²) in [6, 6.07) is 4.65. The van der Waals surface area contributed by atoms with Crippen molar-refractivity contribution in [2.75, 3.05) is 13.1 Å². The van der Waals surface area contributed by atoms with Gasteiger partial charge in [0.15, 0.2) is 6.10 Å². The normalized spacial score (nSPS) is 18.0. The zero-order valence-electron chi connectivity index (χ0n) is 16.5. The standard InChI is InChI=1S/C20H23N3O6/c1-11(2)10-15(23-17(25)13-6-4-5-7-14(13)18(23)26)19(27)29-12(3)16(24)22-9-8-21-20(22)28/h4-7,11-12,15H,8-10H2,1-3H3,(H,21,28)/t12-,15+/m1/s1. The molecule has 2 aliphatic heterocycles. The smallest absolute Gasteiger partial charge is 0.330 e. The lowest BCUT2D eigenvalue weighted by atomic mass is 10.0. The Labute approximate surface area is 168 Å². The van der Waals surface area contributed by atoms with E-state index in [2.05, 4.69) is 5.32 Å². The molecule has 9 heteroatoms. The van der Waals surface area contributed by atoms with Crippen molar-refractivity contribution in [2.24, 2.45) is 5.92 Å². The van der Waals surface area contributed by atoms with Gasteiger partial charge in [0.25, 0.3) is 17.7 Å². The Morgan fingerprint density at radius 2 is 1.66 bits per heavy atom. The maximum atomic E-state index is 12.9. The van der Waals surface area contributed by atoms with E-state index in [0.29, 0.717) is 6.54 Å². The molecule has 1 N–H and O–H groups in total. The lowest BCUT2D eigenvalue weighted by molar-refractivity contribution is -0.161. The number of nitrogens with one attached hydrogen (secondary N) is 1. The van der Waals surface area contributed by atoms with Crippen LogP contribution >= 0.6 is 0 Å². The number of imide groups is 2. The maximum Gasteiger partial charge on any atom is 0.330 e. The molecule has 1 aromatic carbocycles. The fourth-order valence-electron chi connectivity index (χ4n) is 3.45. The molecular formula is C20H23N3O6. The molecule has 0 saturated carbocycles. The van der Waals surface area contributed by atoms with Crippen LogP contribution in [0.1, 0.15) is 47.9 Å². The fraction of sp³-hybridized carbons (Fsp3) is 0.450. The molecule has 0 radical (unpaired) electrons. The maximum absolute atomic E-state index is 12.9. The predicted octanol–water partition coefficient (Wildman–Crippen LogP) is 1.18. The molecular weight excluding hydrogens is 378 g/mol. The average molecular weight is 401 g/mol. The van der Waals surface area contributed by atoms with Crippen molar-refractivity contribution >= 4 is 29.7 Å². The number of fused-ring (bicyclic) bond motifs is 1. The van der Waals surface area contributed by atoms with Crippen LogP contribution in [0.5, 0.6) is 0 Å². The average Bonchev–Trinajstić information content (AvgIpc) is 3.21. The van der Waals surface area contributed by atoms with Gasteiger partial charge in [-0.05, 0) is 31.4 Å². The summed E-state index contributed by atoms with van der Waals surface area (Å²) in [4.78, 5) is 64.4. The van der Waals surface area contributed by atoms with Crippen molar-refractivity contribution in [1.29, 1.82) is 0 Å². The minimum absolute atomic E-state index is 0.0211. The molecule has 154 valence electrons. The van der Waals surface area contributed by atoms with Crippen molar-refractivity contribution in [2.45, 2.75) is 39.3 Å². The highest BCUT2D eigenvalue weighted by atomic mass is 16.5. The first-order valence-corrected chi connectivity index (χ1v) is 9.49. The summed E-state index contributed by atoms with van der Waals surface area (Å²) in [5.41, 5.74) is 0.467. The Morgan fingerprint density at radius 1 is 1.07 bits per heavy atom. The molecule has 2 aliphatic rings. The molecule has 1 saturated heterocycles. The van der Waals surface area contributed by atoms with Crippen LogP contribution in [0.3, 0.4) is 0 Å². The quantitative estimate of drug-likeness (QED) is 0.566. The van der Waals surface area contributed by atoms with E-state index in [4.69, 9.17) is 4.74 Å². The molecule has 2 atom stereocenters. The number of hydrogen-bond acceptors (Lipinski definition) is 6. The van der Waals surface area contributed by atoms with Crippen LogP contribution in [0, 0.1) is 5.92 Å². The largest absolute Gasteiger partial charge is 0.451 e. The van der Waals surface area contributed by atoms with Crippen molar-refractivity contribution in [3.8, 4) is 0 Å². The second-order valence-corrected chi connectivity index (χ2v) is 7.47. The Hall–Kier alpha value is -3.23. The van der Waals surface area contributed by atoms with Gasteiger partial charge in [-0.15, -0.1) is 0 Å². The molecule has 2 heterocycles. The number of carbonyl (C=O) groups is 5. The van der Waals surface area contributed by atoms with Gasteiger partial charge in [0, 0.05) is 13.1 Å². The number of hydrogen-bond donors (Lipinski definition) is 1. The summed E-state index contributed by atoms with van der Waals surface area (Å²) in [7, 11) is 0. The van der Waals surface area contributed by atoms with E-state index in [0.717, 1.165) is 9.80 Å². The third-order valence-corrected chi connectivity index (χ3v) is 4.87. The summed E-state index contributed by atoms with van der Waals surface area (Å²) in [5.74, 6) is -2.66. The topological polar surface area (TPSA) is 113 Å². The van der Waals surface area contributed by atoms with E-state index in [1.807, 2.05) is 13.8 Å². The number of benzene rings is 1. The number of nitrogens with zero attached hydrogens (tertiary/aromatic N) is 2. The number of carbonyl (C=O) groups excluding carboxylic acids is 5. The second kappa shape index (κ2) is 8.02. The third-order valence-electron chi connectivity index (χ3n) is 4.87. The first-order valence-electron chi connectivity index (χ1n) is 9.49. The molecule has 0 bridgehead atoms. The number of ether oxygens (including phenoxy) is 1. The Kier molecular flexibility index (Phi) is 5.67. The van der Waals surface area contributed by atoms with Gasteiger partial charge in [-0.1, -0.05) is 26.0 Å². The number of urea groups is 1. The van der Waals surface area contributed by atoms with Gasteiger partial charge < -0.3 is 10.1 Å². The first-order chi connectivity index (χ1) is 13.7. The van der Waals surface area contributed by atoms with Gasteiger partial charge in [-0.3, -0.25) is 24.2 Å². The predicted molar refractivity (Wildman–Crippen MR) is 101 cm³/mol. The summed E-state index contributed by atoms with van der Waals surface area (Å²) in [6.45, 7) is 5.58. The van der Waals surface area contributed by atoms with Crippen molar-refractivity contribution < 1.29 is 28.7 Å². The number of esters is 1. The molecule has 1 aromatic rings. The van der Waals surface area contributed by atoms with Gasteiger partial charge in [-0.25, -0.2) is 9.59 Å². The van der Waals surface area contributed by atoms with Crippen LogP contribution in [0.15, 0.2) is 24.3 Å². The van der Waals surface area contributed by atoms with Gasteiger partial charge >= 0.3 is 12.0 Å². The number of amides is 5. The first kappa shape index (κ1) is 20.5. The van der Waals surface area contributed by atoms with E-state index < -0.39 is 41.9 Å². The Bertz CT molecular complexity index is 846. The van der Waals surface area contributed by atoms with Gasteiger partial charge in [0.2, 0.25) is 0 Å². The van der Waals surface area contributed by atoms with E-state index in [1.165, 1.54) is 19.1 Å². The molecule has 1 fully saturated rings. The molecule has 5 amide bonds. The lowest BCUT2D eigenvalue weighted by Crippen LogP contribution is -2.49. The second-order valence-electron chi connectivity index (χ2n) is 7.47. The Balaban J connectivity index is 1.79. The van der Waals surface area contributed by atoms with Crippen LogP contribution in [0.2, 0.25) is 0 Å². The van der Waals surface area contributed by atoms with E-state index in [-0.39, 0.29) is 30.0 Å². The molecule has 0 unspecified atom stereocenters. The SMILES string of the molecule is CC(C)C[C@@H](C(=O)O[C@H](C)C(=O)N1CCNC1=O)N1C(=O)c2ccccc2C1=O. The van der Waals surface area contributed by atoms with Gasteiger partial charge in [0.1, 0.15) is 6.04 Å². The Morgan fingerprint density at radius 3 is 2.14 bits per heavy atom. The zero-order chi connectivity index (χ0) is 21.3. The van der Waals surface area contributed by atoms with Crippen LogP contribution in [-0.2, 0) is 14.3 Å². The lowest BCUT2D eigenvalue weighted by Gasteiger charge is -2.27. The van der Waals surface area contributed by atoms with Gasteiger partial charge in [0.05, 0.1) is 11.1 Å². The summed E-state index contributed by atoms with van der Waals surface area (Å²) < 4.78 is 5.29. The van der Waals surface area contributed by atoms with E-state index >= 15 is 0 Å². The highest BCUT2D eigenvalue weighted by Crippen LogP contribution is 2.27. The molecule has 3 rings (SSSR count). The summed E-state index contributed by atoms with van der Waals surface area (Å²) >= 11 is 0. The van der Waals surface area contributed by atoms with Crippen LogP contribution in [0.25, 0.3) is 0 Å². The van der Waals surface area contributed by atoms with Crippen LogP contribution in [0.4, 0.5) is 4.79 Å². The monoisotopic (exact) mass is 401 g/mol. The number of rotatable bonds is 6. The van der Waals surface area contributed by atoms with Crippen LogP contribution < -0.4 is 5.32 Å². The third kappa shape index (κ3) is 3.85. The van der Waals surface area contributed by atoms with Crippen molar-refractivity contribution in [3.63, 3.8) is 0 Å². The van der Waals surface area contributed by atoms with E-state index in [9.17, 15) is 24.0 Å². The minimum Gasteiger partial charge on any atom is -0.451 e.